The van der Waals surface area contributed by atoms with Crippen molar-refractivity contribution in [2.45, 2.75) is 12.8 Å². The van der Waals surface area contributed by atoms with E-state index in [4.69, 9.17) is 16.7 Å². The minimum atomic E-state index is -1.59. The average Bonchev–Trinajstić information content (AvgIpc) is 2.86. The van der Waals surface area contributed by atoms with Crippen LogP contribution in [0.25, 0.3) is 0 Å². The van der Waals surface area contributed by atoms with Gasteiger partial charge in [-0.2, -0.15) is 0 Å². The van der Waals surface area contributed by atoms with Crippen molar-refractivity contribution in [1.82, 2.24) is 0 Å². The summed E-state index contributed by atoms with van der Waals surface area (Å²) in [5.74, 6) is -3.16. The van der Waals surface area contributed by atoms with Crippen LogP contribution in [0.5, 0.6) is 0 Å². The highest BCUT2D eigenvalue weighted by molar-refractivity contribution is 7.10. The second kappa shape index (κ2) is 6.65. The lowest BCUT2D eigenvalue weighted by Crippen LogP contribution is -2.17. The third-order valence-corrected chi connectivity index (χ3v) is 4.02. The van der Waals surface area contributed by atoms with Gasteiger partial charge in [-0.1, -0.05) is 23.7 Å². The second-order valence-electron chi connectivity index (χ2n) is 4.39. The number of aliphatic carboxylic acids is 1. The van der Waals surface area contributed by atoms with Crippen molar-refractivity contribution in [2.75, 3.05) is 0 Å². The molecule has 2 aromatic rings. The van der Waals surface area contributed by atoms with Gasteiger partial charge < -0.3 is 5.11 Å². The lowest BCUT2D eigenvalue weighted by atomic mass is 10.0. The molecular weight excluding hydrogens is 312 g/mol. The van der Waals surface area contributed by atoms with Gasteiger partial charge in [-0.25, -0.2) is 4.79 Å². The van der Waals surface area contributed by atoms with E-state index >= 15 is 0 Å². The predicted octanol–water partition coefficient (Wildman–Crippen LogP) is 3.22. The van der Waals surface area contributed by atoms with Crippen molar-refractivity contribution in [3.05, 3.63) is 56.7 Å². The maximum absolute atomic E-state index is 12.0. The molecule has 0 aliphatic heterocycles. The molecule has 0 aliphatic rings. The number of thiophene rings is 1. The SMILES string of the molecule is O=C(O)C(=O)CC(=O)c1ccsc1Cc1cccc(Cl)c1. The van der Waals surface area contributed by atoms with Crippen molar-refractivity contribution < 1.29 is 19.5 Å². The van der Waals surface area contributed by atoms with E-state index in [-0.39, 0.29) is 0 Å². The number of hydrogen-bond acceptors (Lipinski definition) is 4. The molecule has 21 heavy (non-hydrogen) atoms. The van der Waals surface area contributed by atoms with Crippen LogP contribution in [0.2, 0.25) is 5.02 Å². The average molecular weight is 323 g/mol. The summed E-state index contributed by atoms with van der Waals surface area (Å²) >= 11 is 7.31. The topological polar surface area (TPSA) is 71.4 Å². The summed E-state index contributed by atoms with van der Waals surface area (Å²) in [5.41, 5.74) is 1.35. The van der Waals surface area contributed by atoms with E-state index in [1.807, 2.05) is 12.1 Å². The van der Waals surface area contributed by atoms with Crippen LogP contribution in [-0.4, -0.2) is 22.6 Å². The van der Waals surface area contributed by atoms with Crippen molar-refractivity contribution in [3.63, 3.8) is 0 Å². The number of carboxylic acid groups (broad SMARTS) is 1. The lowest BCUT2D eigenvalue weighted by molar-refractivity contribution is -0.148. The lowest BCUT2D eigenvalue weighted by Gasteiger charge is -2.03. The Morgan fingerprint density at radius 2 is 1.95 bits per heavy atom. The fraction of sp³-hybridized carbons (Fsp3) is 0.133. The smallest absolute Gasteiger partial charge is 0.372 e. The summed E-state index contributed by atoms with van der Waals surface area (Å²) < 4.78 is 0. The van der Waals surface area contributed by atoms with Crippen LogP contribution in [0.4, 0.5) is 0 Å². The van der Waals surface area contributed by atoms with Crippen molar-refractivity contribution in [3.8, 4) is 0 Å². The normalized spacial score (nSPS) is 10.3. The molecule has 0 unspecified atom stereocenters. The number of ketones is 2. The highest BCUT2D eigenvalue weighted by Gasteiger charge is 2.20. The van der Waals surface area contributed by atoms with Crippen molar-refractivity contribution >= 4 is 40.5 Å². The van der Waals surface area contributed by atoms with Gasteiger partial charge in [-0.15, -0.1) is 11.3 Å². The van der Waals surface area contributed by atoms with Crippen LogP contribution < -0.4 is 0 Å². The third-order valence-electron chi connectivity index (χ3n) is 2.86. The summed E-state index contributed by atoms with van der Waals surface area (Å²) in [6, 6.07) is 8.89. The summed E-state index contributed by atoms with van der Waals surface area (Å²) in [6.07, 6.45) is -0.102. The number of hydrogen-bond donors (Lipinski definition) is 1. The molecular formula is C15H11ClO4S. The second-order valence-corrected chi connectivity index (χ2v) is 5.83. The van der Waals surface area contributed by atoms with E-state index in [9.17, 15) is 14.4 Å². The Morgan fingerprint density at radius 3 is 2.62 bits per heavy atom. The standard InChI is InChI=1S/C15H11ClO4S/c16-10-3-1-2-9(6-10)7-14-11(4-5-21-14)12(17)8-13(18)15(19)20/h1-6H,7-8H2,(H,19,20). The zero-order valence-electron chi connectivity index (χ0n) is 10.8. The van der Waals surface area contributed by atoms with Gasteiger partial charge in [0, 0.05) is 21.9 Å². The van der Waals surface area contributed by atoms with Crippen LogP contribution in [0.1, 0.15) is 27.2 Å². The Morgan fingerprint density at radius 1 is 1.19 bits per heavy atom. The van der Waals surface area contributed by atoms with Crippen LogP contribution in [-0.2, 0) is 16.0 Å². The molecule has 0 saturated heterocycles. The number of carbonyl (C=O) groups excluding carboxylic acids is 2. The van der Waals surface area contributed by atoms with Gasteiger partial charge in [0.25, 0.3) is 0 Å². The number of benzene rings is 1. The fourth-order valence-corrected chi connectivity index (χ4v) is 3.02. The molecule has 0 aliphatic carbocycles. The predicted molar refractivity (Wildman–Crippen MR) is 80.2 cm³/mol. The number of rotatable bonds is 6. The van der Waals surface area contributed by atoms with E-state index in [1.54, 1.807) is 23.6 Å². The molecule has 1 N–H and O–H groups in total. The largest absolute Gasteiger partial charge is 0.475 e. The first-order valence-electron chi connectivity index (χ1n) is 6.07. The highest BCUT2D eigenvalue weighted by atomic mass is 35.5. The summed E-state index contributed by atoms with van der Waals surface area (Å²) in [6.45, 7) is 0. The Hall–Kier alpha value is -1.98. The molecule has 1 aromatic heterocycles. The quantitative estimate of drug-likeness (QED) is 0.503. The molecule has 0 amide bonds. The Labute approximate surface area is 130 Å². The van der Waals surface area contributed by atoms with Gasteiger partial charge in [-0.05, 0) is 29.1 Å². The Bertz CT molecular complexity index is 705. The minimum absolute atomic E-state index is 0.398. The zero-order valence-corrected chi connectivity index (χ0v) is 12.4. The van der Waals surface area contributed by atoms with Gasteiger partial charge in [0.05, 0.1) is 6.42 Å². The maximum Gasteiger partial charge on any atom is 0.372 e. The number of carbonyl (C=O) groups is 3. The molecule has 2 rings (SSSR count). The first-order valence-corrected chi connectivity index (χ1v) is 7.33. The van der Waals surface area contributed by atoms with E-state index in [2.05, 4.69) is 0 Å². The van der Waals surface area contributed by atoms with Gasteiger partial charge >= 0.3 is 5.97 Å². The molecule has 0 fully saturated rings. The molecule has 0 bridgehead atoms. The maximum atomic E-state index is 12.0. The minimum Gasteiger partial charge on any atom is -0.475 e. The van der Waals surface area contributed by atoms with E-state index < -0.39 is 24.0 Å². The van der Waals surface area contributed by atoms with Crippen LogP contribution in [0.3, 0.4) is 0 Å². The molecule has 4 nitrogen and oxygen atoms in total. The molecule has 0 saturated carbocycles. The number of carboxylic acids is 1. The molecule has 0 spiro atoms. The van der Waals surface area contributed by atoms with E-state index in [0.29, 0.717) is 17.0 Å². The molecule has 0 radical (unpaired) electrons. The highest BCUT2D eigenvalue weighted by Crippen LogP contribution is 2.23. The third kappa shape index (κ3) is 4.00. The van der Waals surface area contributed by atoms with Gasteiger partial charge in [-0.3, -0.25) is 9.59 Å². The van der Waals surface area contributed by atoms with E-state index in [1.165, 1.54) is 11.3 Å². The first kappa shape index (κ1) is 15.4. The zero-order chi connectivity index (χ0) is 15.4. The molecule has 0 atom stereocenters. The summed E-state index contributed by atoms with van der Waals surface area (Å²) in [5, 5.41) is 10.9. The monoisotopic (exact) mass is 322 g/mol. The van der Waals surface area contributed by atoms with Crippen molar-refractivity contribution in [2.24, 2.45) is 0 Å². The molecule has 6 heteroatoms. The fourth-order valence-electron chi connectivity index (χ4n) is 1.87. The van der Waals surface area contributed by atoms with Gasteiger partial charge in [0.15, 0.2) is 5.78 Å². The number of halogens is 1. The van der Waals surface area contributed by atoms with Crippen LogP contribution >= 0.6 is 22.9 Å². The molecule has 1 heterocycles. The first-order chi connectivity index (χ1) is 9.97. The van der Waals surface area contributed by atoms with E-state index in [0.717, 1.165) is 10.4 Å². The Balaban J connectivity index is 2.17. The van der Waals surface area contributed by atoms with Crippen LogP contribution in [0, 0.1) is 0 Å². The Kier molecular flexibility index (Phi) is 4.88. The summed E-state index contributed by atoms with van der Waals surface area (Å²) in [4.78, 5) is 34.4. The van der Waals surface area contributed by atoms with Crippen molar-refractivity contribution in [1.29, 1.82) is 0 Å². The van der Waals surface area contributed by atoms with Gasteiger partial charge in [0.2, 0.25) is 5.78 Å². The van der Waals surface area contributed by atoms with Gasteiger partial charge in [0.1, 0.15) is 0 Å². The molecule has 108 valence electrons. The summed E-state index contributed by atoms with van der Waals surface area (Å²) in [7, 11) is 0. The molecule has 1 aromatic carbocycles. The number of Topliss-reactive ketones (excluding diaryl/α,β-unsaturated/α-hetero) is 2. The van der Waals surface area contributed by atoms with Crippen LogP contribution in [0.15, 0.2) is 35.7 Å².